The monoisotopic (exact) mass is 345 g/mol. The average molecular weight is 346 g/mol. The van der Waals surface area contributed by atoms with Crippen LogP contribution in [0.25, 0.3) is 5.57 Å². The topological polar surface area (TPSA) is 12.9 Å². The van der Waals surface area contributed by atoms with E-state index in [0.29, 0.717) is 5.41 Å². The van der Waals surface area contributed by atoms with Gasteiger partial charge in [-0.2, -0.15) is 0 Å². The quantitative estimate of drug-likeness (QED) is 0.523. The van der Waals surface area contributed by atoms with Gasteiger partial charge in [-0.25, -0.2) is 0 Å². The fourth-order valence-electron chi connectivity index (χ4n) is 6.79. The van der Waals surface area contributed by atoms with E-state index < -0.39 is 0 Å². The molecule has 0 aliphatic heterocycles. The van der Waals surface area contributed by atoms with Gasteiger partial charge in [0.05, 0.1) is 0 Å². The maximum absolute atomic E-state index is 4.38. The highest BCUT2D eigenvalue weighted by atomic mass is 14.6. The Morgan fingerprint density at radius 2 is 2.00 bits per heavy atom. The van der Waals surface area contributed by atoms with Crippen LogP contribution in [-0.4, -0.2) is 4.98 Å². The lowest BCUT2D eigenvalue weighted by Crippen LogP contribution is -2.46. The van der Waals surface area contributed by atoms with E-state index in [4.69, 9.17) is 0 Å². The molecule has 4 aliphatic rings. The van der Waals surface area contributed by atoms with Crippen molar-refractivity contribution < 1.29 is 0 Å². The Hall–Kier alpha value is -1.63. The summed E-state index contributed by atoms with van der Waals surface area (Å²) in [5.74, 6) is 2.46. The summed E-state index contributed by atoms with van der Waals surface area (Å²) < 4.78 is 0. The van der Waals surface area contributed by atoms with Gasteiger partial charge in [0.2, 0.25) is 0 Å². The van der Waals surface area contributed by atoms with Crippen molar-refractivity contribution >= 4 is 5.57 Å². The van der Waals surface area contributed by atoms with Crippen LogP contribution < -0.4 is 0 Å². The second kappa shape index (κ2) is 5.68. The van der Waals surface area contributed by atoms with Gasteiger partial charge in [0.25, 0.3) is 0 Å². The summed E-state index contributed by atoms with van der Waals surface area (Å²) in [5, 5.41) is 0. The predicted octanol–water partition coefficient (Wildman–Crippen LogP) is 6.59. The smallest absolute Gasteiger partial charge is 0.0343 e. The van der Waals surface area contributed by atoms with E-state index in [1.807, 2.05) is 12.4 Å². The summed E-state index contributed by atoms with van der Waals surface area (Å²) in [6, 6.07) is 4.30. The Bertz CT molecular complexity index is 814. The van der Waals surface area contributed by atoms with Crippen LogP contribution in [-0.2, 0) is 0 Å². The van der Waals surface area contributed by atoms with Gasteiger partial charge in [-0.3, -0.25) is 4.98 Å². The highest BCUT2D eigenvalue weighted by Crippen LogP contribution is 2.65. The zero-order chi connectivity index (χ0) is 17.9. The Balaban J connectivity index is 1.50. The van der Waals surface area contributed by atoms with E-state index in [2.05, 4.69) is 56.1 Å². The van der Waals surface area contributed by atoms with E-state index >= 15 is 0 Å². The van der Waals surface area contributed by atoms with Crippen LogP contribution >= 0.6 is 0 Å². The minimum atomic E-state index is 0.216. The summed E-state index contributed by atoms with van der Waals surface area (Å²) in [6.45, 7) is 7.52. The number of hydrogen-bond donors (Lipinski definition) is 0. The number of rotatable bonds is 1. The normalized spacial score (nSPS) is 41.3. The molecule has 0 N–H and O–H groups in total. The average Bonchev–Trinajstić information content (AvgIpc) is 3.00. The van der Waals surface area contributed by atoms with Crippen molar-refractivity contribution in [2.75, 3.05) is 0 Å². The third kappa shape index (κ3) is 2.19. The van der Waals surface area contributed by atoms with Crippen molar-refractivity contribution in [2.45, 2.75) is 59.3 Å². The molecule has 26 heavy (non-hydrogen) atoms. The molecule has 0 aromatic carbocycles. The third-order valence-electron chi connectivity index (χ3n) is 8.37. The lowest BCUT2D eigenvalue weighted by molar-refractivity contribution is 0.0682. The van der Waals surface area contributed by atoms with Gasteiger partial charge < -0.3 is 0 Å². The largest absolute Gasteiger partial charge is 0.264 e. The molecule has 1 heteroatoms. The lowest BCUT2D eigenvalue weighted by atomic mass is 9.48. The third-order valence-corrected chi connectivity index (χ3v) is 8.37. The maximum Gasteiger partial charge on any atom is 0.0343 e. The van der Waals surface area contributed by atoms with Crippen LogP contribution in [0.4, 0.5) is 0 Å². The first-order valence-electron chi connectivity index (χ1n) is 10.5. The van der Waals surface area contributed by atoms with Crippen LogP contribution in [0.5, 0.6) is 0 Å². The minimum Gasteiger partial charge on any atom is -0.264 e. The molecule has 0 bridgehead atoms. The van der Waals surface area contributed by atoms with Crippen LogP contribution in [0.2, 0.25) is 0 Å². The fourth-order valence-corrected chi connectivity index (χ4v) is 6.79. The van der Waals surface area contributed by atoms with Crippen molar-refractivity contribution in [3.8, 4) is 0 Å². The molecular weight excluding hydrogens is 314 g/mol. The standard InChI is InChI=1S/C25H31N/c1-17-10-12-24(2)19(15-17)6-7-20-22-9-8-21(18-5-4-14-26-16-18)25(22,3)13-11-23(20)24/h4-6,8-9,14,16-17,20,23H,7,10-13,15H2,1-3H3/t17-,20-,23-,24-,25+/m0/s1. The predicted molar refractivity (Wildman–Crippen MR) is 108 cm³/mol. The number of nitrogens with zero attached hydrogens (tertiary/aromatic N) is 1. The van der Waals surface area contributed by atoms with Crippen LogP contribution in [0.1, 0.15) is 64.9 Å². The van der Waals surface area contributed by atoms with Gasteiger partial charge in [0.1, 0.15) is 0 Å². The Labute approximate surface area is 158 Å². The second-order valence-corrected chi connectivity index (χ2v) is 9.76. The molecule has 1 nitrogen and oxygen atoms in total. The molecule has 0 saturated heterocycles. The Morgan fingerprint density at radius 3 is 2.81 bits per heavy atom. The molecule has 4 aliphatic carbocycles. The number of hydrogen-bond acceptors (Lipinski definition) is 1. The van der Waals surface area contributed by atoms with Gasteiger partial charge in [-0.15, -0.1) is 0 Å². The van der Waals surface area contributed by atoms with E-state index in [9.17, 15) is 0 Å². The molecule has 1 aromatic heterocycles. The SMILES string of the molecule is C[C@H]1CC[C@@]2(C)C(=CC[C@H]3C4=CC=C(c5cccnc5)[C@@]4(C)CC[C@@H]32)C1. The molecule has 5 rings (SSSR count). The first kappa shape index (κ1) is 16.5. The molecule has 0 amide bonds. The highest BCUT2D eigenvalue weighted by molar-refractivity contribution is 5.78. The molecule has 136 valence electrons. The first-order chi connectivity index (χ1) is 12.5. The number of pyridine rings is 1. The first-order valence-corrected chi connectivity index (χ1v) is 10.5. The van der Waals surface area contributed by atoms with Gasteiger partial charge in [-0.05, 0) is 78.9 Å². The van der Waals surface area contributed by atoms with Gasteiger partial charge in [-0.1, -0.05) is 56.2 Å². The summed E-state index contributed by atoms with van der Waals surface area (Å²) >= 11 is 0. The number of fused-ring (bicyclic) bond motifs is 5. The molecule has 1 heterocycles. The summed E-state index contributed by atoms with van der Waals surface area (Å²) in [7, 11) is 0. The molecule has 2 fully saturated rings. The molecule has 1 aromatic rings. The summed E-state index contributed by atoms with van der Waals surface area (Å²) in [6.07, 6.45) is 19.5. The Morgan fingerprint density at radius 1 is 1.12 bits per heavy atom. The van der Waals surface area contributed by atoms with Gasteiger partial charge in [0, 0.05) is 17.8 Å². The lowest BCUT2D eigenvalue weighted by Gasteiger charge is -2.56. The summed E-state index contributed by atoms with van der Waals surface area (Å²) in [5.41, 5.74) is 6.98. The molecule has 0 radical (unpaired) electrons. The van der Waals surface area contributed by atoms with Crippen molar-refractivity contribution in [3.63, 3.8) is 0 Å². The van der Waals surface area contributed by atoms with Crippen LogP contribution in [0, 0.1) is 28.6 Å². The Kier molecular flexibility index (Phi) is 3.61. The number of aromatic nitrogens is 1. The molecule has 0 spiro atoms. The minimum absolute atomic E-state index is 0.216. The van der Waals surface area contributed by atoms with E-state index in [1.165, 1.54) is 49.7 Å². The van der Waals surface area contributed by atoms with E-state index in [1.54, 1.807) is 11.1 Å². The van der Waals surface area contributed by atoms with E-state index in [0.717, 1.165) is 17.8 Å². The van der Waals surface area contributed by atoms with Gasteiger partial charge >= 0.3 is 0 Å². The molecular formula is C25H31N. The number of allylic oxidation sites excluding steroid dienone is 6. The van der Waals surface area contributed by atoms with Crippen molar-refractivity contribution in [1.82, 2.24) is 4.98 Å². The molecule has 2 saturated carbocycles. The maximum atomic E-state index is 4.38. The highest BCUT2D eigenvalue weighted by Gasteiger charge is 2.53. The van der Waals surface area contributed by atoms with Crippen molar-refractivity contribution in [2.24, 2.45) is 28.6 Å². The van der Waals surface area contributed by atoms with Gasteiger partial charge in [0.15, 0.2) is 0 Å². The van der Waals surface area contributed by atoms with Crippen LogP contribution in [0.15, 0.2) is 53.9 Å². The van der Waals surface area contributed by atoms with Crippen molar-refractivity contribution in [3.05, 3.63) is 59.5 Å². The molecule has 0 unspecified atom stereocenters. The zero-order valence-corrected chi connectivity index (χ0v) is 16.5. The van der Waals surface area contributed by atoms with Crippen molar-refractivity contribution in [1.29, 1.82) is 0 Å². The molecule has 5 atom stereocenters. The van der Waals surface area contributed by atoms with Crippen LogP contribution in [0.3, 0.4) is 0 Å². The zero-order valence-electron chi connectivity index (χ0n) is 16.5. The van der Waals surface area contributed by atoms with E-state index in [-0.39, 0.29) is 5.41 Å². The second-order valence-electron chi connectivity index (χ2n) is 9.76. The fraction of sp³-hybridized carbons (Fsp3) is 0.560. The summed E-state index contributed by atoms with van der Waals surface area (Å²) in [4.78, 5) is 4.38.